The van der Waals surface area contributed by atoms with Crippen LogP contribution in [-0.2, 0) is 0 Å². The second kappa shape index (κ2) is 8.24. The van der Waals surface area contributed by atoms with Crippen LogP contribution in [0.3, 0.4) is 0 Å². The van der Waals surface area contributed by atoms with E-state index in [1.165, 1.54) is 6.42 Å². The molecule has 4 nitrogen and oxygen atoms in total. The first kappa shape index (κ1) is 15.1. The first-order chi connectivity index (χ1) is 7.10. The van der Waals surface area contributed by atoms with Gasteiger partial charge in [0, 0.05) is 6.54 Å². The predicted octanol–water partition coefficient (Wildman–Crippen LogP) is -1.03. The fraction of sp³-hybridized carbons (Fsp3) is 1.00. The Morgan fingerprint density at radius 3 is 2.20 bits per heavy atom. The molecule has 0 aliphatic heterocycles. The first-order valence-electron chi connectivity index (χ1n) is 5.87. The van der Waals surface area contributed by atoms with Crippen LogP contribution < -0.4 is 20.9 Å². The molecule has 0 unspecified atom stereocenters. The summed E-state index contributed by atoms with van der Waals surface area (Å²) >= 11 is 0. The van der Waals surface area contributed by atoms with Crippen molar-refractivity contribution in [3.8, 4) is 0 Å². The van der Waals surface area contributed by atoms with Gasteiger partial charge in [0.1, 0.15) is 5.79 Å². The lowest BCUT2D eigenvalue weighted by atomic mass is 10.1. The minimum Gasteiger partial charge on any atom is -0.345 e. The van der Waals surface area contributed by atoms with E-state index in [4.69, 9.17) is 0 Å². The molecular formula is C10H28N4Si. The topological polar surface area (TPSA) is 48.1 Å². The molecule has 0 radical (unpaired) electrons. The maximum atomic E-state index is 3.55. The molecular weight excluding hydrogens is 204 g/mol. The molecule has 0 aromatic heterocycles. The van der Waals surface area contributed by atoms with E-state index in [0.717, 1.165) is 29.9 Å². The Morgan fingerprint density at radius 1 is 1.20 bits per heavy atom. The van der Waals surface area contributed by atoms with Crippen molar-refractivity contribution < 1.29 is 0 Å². The third kappa shape index (κ3) is 6.27. The van der Waals surface area contributed by atoms with Gasteiger partial charge in [-0.25, -0.2) is 0 Å². The van der Waals surface area contributed by atoms with Crippen molar-refractivity contribution in [2.45, 2.75) is 32.5 Å². The zero-order valence-corrected chi connectivity index (χ0v) is 12.9. The van der Waals surface area contributed by atoms with Crippen molar-refractivity contribution in [3.63, 3.8) is 0 Å². The van der Waals surface area contributed by atoms with Gasteiger partial charge < -0.3 is 4.98 Å². The zero-order valence-electron chi connectivity index (χ0n) is 10.9. The van der Waals surface area contributed by atoms with Gasteiger partial charge in [-0.05, 0) is 39.4 Å². The minimum atomic E-state index is -0.108. The molecule has 0 amide bonds. The molecule has 0 fully saturated rings. The summed E-state index contributed by atoms with van der Waals surface area (Å²) < 4.78 is 0. The molecule has 0 aromatic rings. The van der Waals surface area contributed by atoms with Crippen LogP contribution in [0.2, 0.25) is 0 Å². The minimum absolute atomic E-state index is 0.108. The van der Waals surface area contributed by atoms with Crippen LogP contribution in [-0.4, -0.2) is 43.4 Å². The smallest absolute Gasteiger partial charge is 0.123 e. The van der Waals surface area contributed by atoms with Crippen molar-refractivity contribution in [2.75, 3.05) is 27.2 Å². The maximum Gasteiger partial charge on any atom is 0.123 e. The summed E-state index contributed by atoms with van der Waals surface area (Å²) in [6.07, 6.45) is 2.26. The van der Waals surface area contributed by atoms with E-state index in [1.807, 2.05) is 14.1 Å². The first-order valence-corrected chi connectivity index (χ1v) is 6.87. The number of hydrogen-bond donors (Lipinski definition) is 4. The van der Waals surface area contributed by atoms with Crippen molar-refractivity contribution >= 4 is 10.4 Å². The fourth-order valence-corrected chi connectivity index (χ4v) is 1.90. The Balaban J connectivity index is 4.05. The Hall–Kier alpha value is 0.0569. The van der Waals surface area contributed by atoms with Gasteiger partial charge in [-0.2, -0.15) is 0 Å². The zero-order chi connectivity index (χ0) is 11.7. The lowest BCUT2D eigenvalue weighted by molar-refractivity contribution is 0.199. The molecule has 0 aromatic carbocycles. The van der Waals surface area contributed by atoms with Gasteiger partial charge in [-0.1, -0.05) is 13.8 Å². The molecule has 0 bridgehead atoms. The molecule has 4 N–H and O–H groups in total. The summed E-state index contributed by atoms with van der Waals surface area (Å²) in [4.78, 5) is 3.31. The summed E-state index contributed by atoms with van der Waals surface area (Å²) in [6, 6.07) is 0. The quantitative estimate of drug-likeness (QED) is 0.233. The molecule has 0 rings (SSSR count). The number of nitrogens with one attached hydrogen (secondary N) is 4. The monoisotopic (exact) mass is 232 g/mol. The standard InChI is InChI=1S/C10H28N4Si/c1-9(2)8-13-10(11-3,12-4)6-5-7-14-15/h9,11-14H,5-8H2,1-4,15H3. The molecule has 92 valence electrons. The highest BCUT2D eigenvalue weighted by molar-refractivity contribution is 6.04. The Bertz CT molecular complexity index is 148. The van der Waals surface area contributed by atoms with Crippen LogP contribution in [0.5, 0.6) is 0 Å². The number of hydrogen-bond acceptors (Lipinski definition) is 4. The molecule has 0 saturated heterocycles. The second-order valence-corrected chi connectivity index (χ2v) is 5.09. The van der Waals surface area contributed by atoms with E-state index in [0.29, 0.717) is 5.92 Å². The fourth-order valence-electron chi connectivity index (χ4n) is 1.55. The van der Waals surface area contributed by atoms with Crippen LogP contribution >= 0.6 is 0 Å². The van der Waals surface area contributed by atoms with Gasteiger partial charge in [0.15, 0.2) is 0 Å². The second-order valence-electron chi connectivity index (χ2n) is 4.39. The van der Waals surface area contributed by atoms with Crippen molar-refractivity contribution in [2.24, 2.45) is 5.92 Å². The van der Waals surface area contributed by atoms with E-state index in [9.17, 15) is 0 Å². The molecule has 5 heteroatoms. The Labute approximate surface area is 97.5 Å². The van der Waals surface area contributed by atoms with Crippen LogP contribution in [0.1, 0.15) is 26.7 Å². The molecule has 0 spiro atoms. The average Bonchev–Trinajstić information content (AvgIpc) is 2.23. The summed E-state index contributed by atoms with van der Waals surface area (Å²) in [5.41, 5.74) is 0. The van der Waals surface area contributed by atoms with Crippen molar-refractivity contribution in [1.29, 1.82) is 0 Å². The molecule has 0 aliphatic rings. The third-order valence-corrected chi connectivity index (χ3v) is 3.14. The van der Waals surface area contributed by atoms with Gasteiger partial charge in [0.2, 0.25) is 0 Å². The predicted molar refractivity (Wildman–Crippen MR) is 70.9 cm³/mol. The van der Waals surface area contributed by atoms with Crippen molar-refractivity contribution in [1.82, 2.24) is 20.9 Å². The van der Waals surface area contributed by atoms with Crippen LogP contribution in [0.15, 0.2) is 0 Å². The van der Waals surface area contributed by atoms with E-state index < -0.39 is 0 Å². The van der Waals surface area contributed by atoms with Gasteiger partial charge in [0.05, 0.1) is 10.4 Å². The van der Waals surface area contributed by atoms with Crippen LogP contribution in [0, 0.1) is 5.92 Å². The van der Waals surface area contributed by atoms with Gasteiger partial charge in [-0.3, -0.25) is 16.0 Å². The average molecular weight is 232 g/mol. The maximum absolute atomic E-state index is 3.55. The highest BCUT2D eigenvalue weighted by Gasteiger charge is 2.24. The molecule has 0 heterocycles. The largest absolute Gasteiger partial charge is 0.345 e. The van der Waals surface area contributed by atoms with E-state index in [2.05, 4.69) is 34.8 Å². The molecule has 0 aliphatic carbocycles. The highest BCUT2D eigenvalue weighted by atomic mass is 28.2. The van der Waals surface area contributed by atoms with Crippen LogP contribution in [0.25, 0.3) is 0 Å². The van der Waals surface area contributed by atoms with Gasteiger partial charge in [0.25, 0.3) is 0 Å². The Kier molecular flexibility index (Phi) is 8.27. The van der Waals surface area contributed by atoms with Gasteiger partial charge >= 0.3 is 0 Å². The van der Waals surface area contributed by atoms with Crippen molar-refractivity contribution in [3.05, 3.63) is 0 Å². The highest BCUT2D eigenvalue weighted by Crippen LogP contribution is 2.05. The molecule has 0 atom stereocenters. The van der Waals surface area contributed by atoms with E-state index >= 15 is 0 Å². The van der Waals surface area contributed by atoms with E-state index in [-0.39, 0.29) is 5.79 Å². The van der Waals surface area contributed by atoms with Crippen LogP contribution in [0.4, 0.5) is 0 Å². The number of rotatable bonds is 9. The molecule has 0 saturated carbocycles. The summed E-state index contributed by atoms with van der Waals surface area (Å²) in [5.74, 6) is 0.561. The summed E-state index contributed by atoms with van der Waals surface area (Å²) in [5, 5.41) is 10.2. The normalized spacial score (nSPS) is 12.6. The summed E-state index contributed by atoms with van der Waals surface area (Å²) in [7, 11) is 5.08. The SMILES string of the molecule is CNC(CCCN[SiH3])(NC)NCC(C)C. The summed E-state index contributed by atoms with van der Waals surface area (Å²) in [6.45, 7) is 6.58. The lowest BCUT2D eigenvalue weighted by Crippen LogP contribution is -2.65. The third-order valence-electron chi connectivity index (χ3n) is 2.64. The lowest BCUT2D eigenvalue weighted by Gasteiger charge is -2.35. The molecule has 15 heavy (non-hydrogen) atoms. The van der Waals surface area contributed by atoms with Gasteiger partial charge in [-0.15, -0.1) is 0 Å². The Morgan fingerprint density at radius 2 is 1.80 bits per heavy atom. The van der Waals surface area contributed by atoms with E-state index in [1.54, 1.807) is 0 Å².